The fourth-order valence-corrected chi connectivity index (χ4v) is 2.39. The number of aromatic nitrogens is 1. The van der Waals surface area contributed by atoms with Crippen molar-refractivity contribution in [2.45, 2.75) is 6.42 Å². The van der Waals surface area contributed by atoms with Crippen LogP contribution in [-0.2, 0) is 6.42 Å². The molecule has 0 aliphatic carbocycles. The van der Waals surface area contributed by atoms with E-state index in [4.69, 9.17) is 0 Å². The molecule has 0 spiro atoms. The van der Waals surface area contributed by atoms with Crippen molar-refractivity contribution in [3.63, 3.8) is 0 Å². The number of rotatable bonds is 6. The molecule has 1 aromatic carbocycles. The van der Waals surface area contributed by atoms with E-state index in [1.807, 2.05) is 5.38 Å². The smallest absolute Gasteiger partial charge is 0.282 e. The maximum absolute atomic E-state index is 12.1. The summed E-state index contributed by atoms with van der Waals surface area (Å²) in [5.41, 5.74) is 3.09. The van der Waals surface area contributed by atoms with Gasteiger partial charge in [-0.3, -0.25) is 14.9 Å². The molecule has 0 saturated heterocycles. The summed E-state index contributed by atoms with van der Waals surface area (Å²) in [6.07, 6.45) is 0.592. The van der Waals surface area contributed by atoms with Gasteiger partial charge in [-0.05, 0) is 12.1 Å². The number of thiazole rings is 1. The molecular weight excluding hydrogens is 292 g/mol. The summed E-state index contributed by atoms with van der Waals surface area (Å²) >= 11 is 1.48. The lowest BCUT2D eigenvalue weighted by molar-refractivity contribution is -0.385. The standard InChI is InChI=1S/C13H14N4O3S/c1-14-9-2-3-12(17(19)20)11(6-9)13(18)15-5-4-10-7-21-8-16-10/h2-3,6-8,14H,4-5H2,1H3,(H,15,18). The van der Waals surface area contributed by atoms with Gasteiger partial charge in [0.15, 0.2) is 0 Å². The third-order valence-electron chi connectivity index (χ3n) is 2.88. The normalized spacial score (nSPS) is 10.1. The number of nitrogens with zero attached hydrogens (tertiary/aromatic N) is 2. The number of anilines is 1. The minimum absolute atomic E-state index is 0.0464. The molecule has 0 atom stereocenters. The first-order valence-electron chi connectivity index (χ1n) is 6.23. The summed E-state index contributed by atoms with van der Waals surface area (Å²) in [5, 5.41) is 18.4. The van der Waals surface area contributed by atoms with Crippen molar-refractivity contribution in [2.24, 2.45) is 0 Å². The highest BCUT2D eigenvalue weighted by molar-refractivity contribution is 7.07. The Bertz CT molecular complexity index is 643. The van der Waals surface area contributed by atoms with Gasteiger partial charge < -0.3 is 10.6 Å². The third-order valence-corrected chi connectivity index (χ3v) is 3.51. The second-order valence-corrected chi connectivity index (χ2v) is 4.94. The van der Waals surface area contributed by atoms with Gasteiger partial charge in [0.1, 0.15) is 5.56 Å². The van der Waals surface area contributed by atoms with Crippen molar-refractivity contribution in [3.05, 3.63) is 50.5 Å². The Hall–Kier alpha value is -2.48. The van der Waals surface area contributed by atoms with Gasteiger partial charge in [-0.2, -0.15) is 0 Å². The van der Waals surface area contributed by atoms with Crippen LogP contribution in [0.15, 0.2) is 29.1 Å². The average molecular weight is 306 g/mol. The van der Waals surface area contributed by atoms with Gasteiger partial charge in [0, 0.05) is 37.1 Å². The van der Waals surface area contributed by atoms with E-state index in [9.17, 15) is 14.9 Å². The minimum Gasteiger partial charge on any atom is -0.388 e. The molecule has 1 aromatic heterocycles. The molecule has 0 aliphatic heterocycles. The third kappa shape index (κ3) is 3.76. The van der Waals surface area contributed by atoms with Crippen LogP contribution < -0.4 is 10.6 Å². The Kier molecular flexibility index (Phi) is 4.83. The van der Waals surface area contributed by atoms with E-state index in [0.717, 1.165) is 5.69 Å². The van der Waals surface area contributed by atoms with Gasteiger partial charge in [0.05, 0.1) is 16.1 Å². The Morgan fingerprint density at radius 3 is 2.90 bits per heavy atom. The van der Waals surface area contributed by atoms with E-state index in [0.29, 0.717) is 18.7 Å². The molecule has 0 radical (unpaired) electrons. The topological polar surface area (TPSA) is 97.2 Å². The van der Waals surface area contributed by atoms with Crippen molar-refractivity contribution in [1.29, 1.82) is 0 Å². The molecule has 8 heteroatoms. The minimum atomic E-state index is -0.561. The molecule has 0 aliphatic rings. The Labute approximate surface area is 125 Å². The molecule has 1 amide bonds. The van der Waals surface area contributed by atoms with Crippen LogP contribution in [0.5, 0.6) is 0 Å². The Morgan fingerprint density at radius 1 is 1.48 bits per heavy atom. The Balaban J connectivity index is 2.08. The lowest BCUT2D eigenvalue weighted by Crippen LogP contribution is -2.26. The molecule has 21 heavy (non-hydrogen) atoms. The number of nitro groups is 1. The van der Waals surface area contributed by atoms with Crippen LogP contribution in [-0.4, -0.2) is 29.4 Å². The van der Waals surface area contributed by atoms with Crippen molar-refractivity contribution in [3.8, 4) is 0 Å². The largest absolute Gasteiger partial charge is 0.388 e. The molecule has 2 N–H and O–H groups in total. The zero-order valence-electron chi connectivity index (χ0n) is 11.3. The fraction of sp³-hybridized carbons (Fsp3) is 0.231. The van der Waals surface area contributed by atoms with Crippen LogP contribution in [0.2, 0.25) is 0 Å². The van der Waals surface area contributed by atoms with Gasteiger partial charge >= 0.3 is 0 Å². The number of nitro benzene ring substituents is 1. The van der Waals surface area contributed by atoms with Gasteiger partial charge in [-0.15, -0.1) is 11.3 Å². The van der Waals surface area contributed by atoms with E-state index in [2.05, 4.69) is 15.6 Å². The van der Waals surface area contributed by atoms with E-state index in [-0.39, 0.29) is 11.3 Å². The van der Waals surface area contributed by atoms with Crippen LogP contribution in [0.1, 0.15) is 16.1 Å². The number of carbonyl (C=O) groups excluding carboxylic acids is 1. The number of hydrogen-bond acceptors (Lipinski definition) is 6. The number of amides is 1. The van der Waals surface area contributed by atoms with Crippen molar-refractivity contribution < 1.29 is 9.72 Å². The zero-order valence-corrected chi connectivity index (χ0v) is 12.1. The lowest BCUT2D eigenvalue weighted by Gasteiger charge is -2.07. The highest BCUT2D eigenvalue weighted by Gasteiger charge is 2.20. The van der Waals surface area contributed by atoms with Crippen LogP contribution >= 0.6 is 11.3 Å². The van der Waals surface area contributed by atoms with Gasteiger partial charge in [0.2, 0.25) is 0 Å². The summed E-state index contributed by atoms with van der Waals surface area (Å²) in [6.45, 7) is 0.378. The first-order valence-corrected chi connectivity index (χ1v) is 7.17. The molecule has 1 heterocycles. The van der Waals surface area contributed by atoms with E-state index >= 15 is 0 Å². The maximum atomic E-state index is 12.1. The average Bonchev–Trinajstić information content (AvgIpc) is 2.99. The van der Waals surface area contributed by atoms with Gasteiger partial charge in [-0.25, -0.2) is 4.98 Å². The molecule has 2 rings (SSSR count). The summed E-state index contributed by atoms with van der Waals surface area (Å²) in [5.74, 6) is -0.464. The monoisotopic (exact) mass is 306 g/mol. The fourth-order valence-electron chi connectivity index (χ4n) is 1.79. The summed E-state index contributed by atoms with van der Waals surface area (Å²) < 4.78 is 0. The molecule has 110 valence electrons. The second kappa shape index (κ2) is 6.80. The maximum Gasteiger partial charge on any atom is 0.282 e. The highest BCUT2D eigenvalue weighted by atomic mass is 32.1. The van der Waals surface area contributed by atoms with Crippen molar-refractivity contribution in [1.82, 2.24) is 10.3 Å². The van der Waals surface area contributed by atoms with Crippen LogP contribution in [0.25, 0.3) is 0 Å². The number of benzene rings is 1. The molecule has 0 fully saturated rings. The molecule has 0 saturated carbocycles. The lowest BCUT2D eigenvalue weighted by atomic mass is 10.1. The van der Waals surface area contributed by atoms with Crippen molar-refractivity contribution in [2.75, 3.05) is 18.9 Å². The number of nitrogens with one attached hydrogen (secondary N) is 2. The highest BCUT2D eigenvalue weighted by Crippen LogP contribution is 2.22. The number of hydrogen-bond donors (Lipinski definition) is 2. The van der Waals surface area contributed by atoms with Crippen LogP contribution in [0.3, 0.4) is 0 Å². The SMILES string of the molecule is CNc1ccc([N+](=O)[O-])c(C(=O)NCCc2cscn2)c1. The number of carbonyl (C=O) groups is 1. The molecule has 7 nitrogen and oxygen atoms in total. The Morgan fingerprint density at radius 2 is 2.29 bits per heavy atom. The van der Waals surface area contributed by atoms with E-state index in [1.165, 1.54) is 23.5 Å². The quantitative estimate of drug-likeness (QED) is 0.629. The van der Waals surface area contributed by atoms with Gasteiger partial charge in [-0.1, -0.05) is 0 Å². The first-order chi connectivity index (χ1) is 10.1. The van der Waals surface area contributed by atoms with E-state index < -0.39 is 10.8 Å². The van der Waals surface area contributed by atoms with Gasteiger partial charge in [0.25, 0.3) is 11.6 Å². The summed E-state index contributed by atoms with van der Waals surface area (Å²) in [4.78, 5) is 26.6. The molecule has 0 bridgehead atoms. The zero-order chi connectivity index (χ0) is 15.2. The molecule has 0 unspecified atom stereocenters. The predicted molar refractivity (Wildman–Crippen MR) is 80.8 cm³/mol. The summed E-state index contributed by atoms with van der Waals surface area (Å²) in [6, 6.07) is 4.35. The van der Waals surface area contributed by atoms with Crippen molar-refractivity contribution >= 4 is 28.6 Å². The predicted octanol–water partition coefficient (Wildman–Crippen LogP) is 2.07. The first kappa shape index (κ1) is 14.9. The molecule has 2 aromatic rings. The second-order valence-electron chi connectivity index (χ2n) is 4.22. The molecular formula is C13H14N4O3S. The van der Waals surface area contributed by atoms with E-state index in [1.54, 1.807) is 18.6 Å². The van der Waals surface area contributed by atoms with Crippen LogP contribution in [0.4, 0.5) is 11.4 Å². The van der Waals surface area contributed by atoms with Crippen LogP contribution in [0, 0.1) is 10.1 Å². The summed E-state index contributed by atoms with van der Waals surface area (Å²) in [7, 11) is 1.69.